The summed E-state index contributed by atoms with van der Waals surface area (Å²) in [7, 11) is 0. The van der Waals surface area contributed by atoms with Gasteiger partial charge in [-0.15, -0.1) is 0 Å². The van der Waals surface area contributed by atoms with Gasteiger partial charge < -0.3 is 5.11 Å². The van der Waals surface area contributed by atoms with Gasteiger partial charge >= 0.3 is 5.97 Å². The maximum atomic E-state index is 11.1. The number of rotatable bonds is 2. The smallest absolute Gasteiger partial charge is 0.316 e. The molecule has 1 aromatic heterocycles. The highest BCUT2D eigenvalue weighted by Crippen LogP contribution is 2.40. The van der Waals surface area contributed by atoms with Gasteiger partial charge in [-0.05, 0) is 28.1 Å². The molecule has 0 aromatic carbocycles. The van der Waals surface area contributed by atoms with Crippen LogP contribution in [-0.4, -0.2) is 21.8 Å². The normalized spacial score (nSPS) is 18.3. The number of ketones is 1. The van der Waals surface area contributed by atoms with Crippen molar-refractivity contribution in [3.05, 3.63) is 28.5 Å². The first kappa shape index (κ1) is 10.3. The number of carboxylic acids is 1. The average Bonchev–Trinajstić information content (AvgIpc) is 2.13. The van der Waals surface area contributed by atoms with Crippen molar-refractivity contribution in [3.8, 4) is 0 Å². The molecular weight excluding hydrogens is 262 g/mol. The molecule has 1 fully saturated rings. The van der Waals surface area contributed by atoms with Gasteiger partial charge in [-0.2, -0.15) is 0 Å². The van der Waals surface area contributed by atoms with E-state index < -0.39 is 11.4 Å². The van der Waals surface area contributed by atoms with Gasteiger partial charge in [0.1, 0.15) is 11.2 Å². The number of carboxylic acid groups (broad SMARTS) is 1. The van der Waals surface area contributed by atoms with Crippen LogP contribution in [0.15, 0.2) is 22.8 Å². The Balaban J connectivity index is 2.38. The Labute approximate surface area is 94.5 Å². The van der Waals surface area contributed by atoms with Crippen LogP contribution in [0.25, 0.3) is 0 Å². The average molecular weight is 270 g/mol. The molecule has 78 valence electrons. The van der Waals surface area contributed by atoms with Crippen LogP contribution in [-0.2, 0) is 15.0 Å². The van der Waals surface area contributed by atoms with Crippen molar-refractivity contribution >= 4 is 27.7 Å². The molecule has 1 aromatic rings. The van der Waals surface area contributed by atoms with E-state index in [4.69, 9.17) is 5.11 Å². The third kappa shape index (κ3) is 1.56. The zero-order valence-corrected chi connectivity index (χ0v) is 9.32. The molecule has 1 aliphatic carbocycles. The fraction of sp³-hybridized carbons (Fsp3) is 0.300. The summed E-state index contributed by atoms with van der Waals surface area (Å²) in [4.78, 5) is 26.1. The van der Waals surface area contributed by atoms with Crippen molar-refractivity contribution in [2.75, 3.05) is 0 Å². The van der Waals surface area contributed by atoms with Crippen LogP contribution in [0.1, 0.15) is 18.5 Å². The largest absolute Gasteiger partial charge is 0.481 e. The number of halogens is 1. The maximum Gasteiger partial charge on any atom is 0.316 e. The molecule has 0 radical (unpaired) electrons. The fourth-order valence-corrected chi connectivity index (χ4v) is 1.96. The summed E-state index contributed by atoms with van der Waals surface area (Å²) in [5.41, 5.74) is -0.629. The monoisotopic (exact) mass is 269 g/mol. The lowest BCUT2D eigenvalue weighted by molar-refractivity contribution is -0.153. The summed E-state index contributed by atoms with van der Waals surface area (Å²) in [6.45, 7) is 0. The molecule has 5 heteroatoms. The molecule has 1 aliphatic rings. The summed E-state index contributed by atoms with van der Waals surface area (Å²) in [6.07, 6.45) is 1.65. The van der Waals surface area contributed by atoms with Gasteiger partial charge in [-0.1, -0.05) is 0 Å². The lowest BCUT2D eigenvalue weighted by Crippen LogP contribution is -2.48. The van der Waals surface area contributed by atoms with E-state index >= 15 is 0 Å². The Kier molecular flexibility index (Phi) is 2.34. The van der Waals surface area contributed by atoms with E-state index in [1.165, 1.54) is 0 Å². The number of carbonyl (C=O) groups is 2. The summed E-state index contributed by atoms with van der Waals surface area (Å²) in [5, 5.41) is 9.12. The number of aromatic nitrogens is 1. The molecule has 1 N–H and O–H groups in total. The Morgan fingerprint density at radius 3 is 2.53 bits per heavy atom. The second-order valence-electron chi connectivity index (χ2n) is 3.64. The van der Waals surface area contributed by atoms with Crippen LogP contribution in [0.4, 0.5) is 0 Å². The van der Waals surface area contributed by atoms with Gasteiger partial charge in [-0.25, -0.2) is 0 Å². The topological polar surface area (TPSA) is 67.3 Å². The van der Waals surface area contributed by atoms with Gasteiger partial charge in [0.05, 0.1) is 5.69 Å². The van der Waals surface area contributed by atoms with Crippen LogP contribution in [0.3, 0.4) is 0 Å². The molecule has 0 spiro atoms. The van der Waals surface area contributed by atoms with E-state index in [9.17, 15) is 9.59 Å². The summed E-state index contributed by atoms with van der Waals surface area (Å²) in [5.74, 6) is -1.00. The second kappa shape index (κ2) is 3.41. The Morgan fingerprint density at radius 2 is 2.13 bits per heavy atom. The quantitative estimate of drug-likeness (QED) is 0.884. The predicted octanol–water partition coefficient (Wildman–Crippen LogP) is 1.53. The number of hydrogen-bond donors (Lipinski definition) is 1. The van der Waals surface area contributed by atoms with Crippen LogP contribution >= 0.6 is 15.9 Å². The molecule has 0 atom stereocenters. The van der Waals surface area contributed by atoms with Crippen LogP contribution in [0.2, 0.25) is 0 Å². The number of hydrogen-bond acceptors (Lipinski definition) is 3. The minimum absolute atomic E-state index is 0.0258. The third-order valence-corrected chi connectivity index (χ3v) is 3.09. The molecule has 0 amide bonds. The van der Waals surface area contributed by atoms with Gasteiger partial charge in [0.15, 0.2) is 0 Å². The first-order valence-electron chi connectivity index (χ1n) is 4.42. The molecule has 1 saturated carbocycles. The molecule has 0 aliphatic heterocycles. The highest BCUT2D eigenvalue weighted by molar-refractivity contribution is 9.10. The molecule has 0 bridgehead atoms. The minimum atomic E-state index is -1.09. The van der Waals surface area contributed by atoms with Crippen LogP contribution < -0.4 is 0 Å². The Bertz CT molecular complexity index is 419. The zero-order chi connectivity index (χ0) is 11.1. The number of nitrogens with zero attached hydrogens (tertiary/aromatic N) is 1. The van der Waals surface area contributed by atoms with Gasteiger partial charge in [0.25, 0.3) is 0 Å². The van der Waals surface area contributed by atoms with Gasteiger partial charge in [0, 0.05) is 23.5 Å². The number of carbonyl (C=O) groups excluding carboxylic acids is 1. The third-order valence-electron chi connectivity index (χ3n) is 2.62. The van der Waals surface area contributed by atoms with Crippen molar-refractivity contribution in [1.82, 2.24) is 4.98 Å². The number of aliphatic carboxylic acids is 1. The van der Waals surface area contributed by atoms with Crippen molar-refractivity contribution in [1.29, 1.82) is 0 Å². The molecule has 0 saturated heterocycles. The van der Waals surface area contributed by atoms with Crippen molar-refractivity contribution in [2.24, 2.45) is 0 Å². The molecule has 4 nitrogen and oxygen atoms in total. The molecule has 1 heterocycles. The standard InChI is InChI=1S/C10H8BrNO3/c11-6-1-2-8(12-5-6)10(9(14)15)3-7(13)4-10/h1-2,5H,3-4H2,(H,14,15). The second-order valence-corrected chi connectivity index (χ2v) is 4.56. The van der Waals surface area contributed by atoms with Crippen molar-refractivity contribution in [3.63, 3.8) is 0 Å². The summed E-state index contributed by atoms with van der Waals surface area (Å²) < 4.78 is 0.789. The van der Waals surface area contributed by atoms with Crippen molar-refractivity contribution in [2.45, 2.75) is 18.3 Å². The van der Waals surface area contributed by atoms with E-state index in [0.717, 1.165) is 4.47 Å². The van der Waals surface area contributed by atoms with Crippen molar-refractivity contribution < 1.29 is 14.7 Å². The molecule has 0 unspecified atom stereocenters. The fourth-order valence-electron chi connectivity index (χ4n) is 1.72. The maximum absolute atomic E-state index is 11.1. The highest BCUT2D eigenvalue weighted by Gasteiger charge is 2.52. The van der Waals surface area contributed by atoms with E-state index in [-0.39, 0.29) is 18.6 Å². The lowest BCUT2D eigenvalue weighted by atomic mass is 9.65. The minimum Gasteiger partial charge on any atom is -0.481 e. The first-order chi connectivity index (χ1) is 7.04. The van der Waals surface area contributed by atoms with E-state index in [0.29, 0.717) is 5.69 Å². The number of Topliss-reactive ketones (excluding diaryl/α,β-unsaturated/α-hetero) is 1. The van der Waals surface area contributed by atoms with E-state index in [2.05, 4.69) is 20.9 Å². The number of pyridine rings is 1. The van der Waals surface area contributed by atoms with E-state index in [1.54, 1.807) is 18.3 Å². The Hall–Kier alpha value is -1.23. The van der Waals surface area contributed by atoms with E-state index in [1.807, 2.05) is 0 Å². The summed E-state index contributed by atoms with van der Waals surface area (Å²) >= 11 is 3.22. The Morgan fingerprint density at radius 1 is 1.47 bits per heavy atom. The van der Waals surface area contributed by atoms with Gasteiger partial charge in [0.2, 0.25) is 0 Å². The predicted molar refractivity (Wildman–Crippen MR) is 55.5 cm³/mol. The van der Waals surface area contributed by atoms with Crippen LogP contribution in [0.5, 0.6) is 0 Å². The lowest BCUT2D eigenvalue weighted by Gasteiger charge is -2.35. The summed E-state index contributed by atoms with van der Waals surface area (Å²) in [6, 6.07) is 3.38. The highest BCUT2D eigenvalue weighted by atomic mass is 79.9. The molecular formula is C10H8BrNO3. The zero-order valence-electron chi connectivity index (χ0n) is 7.74. The first-order valence-corrected chi connectivity index (χ1v) is 5.21. The van der Waals surface area contributed by atoms with Gasteiger partial charge in [-0.3, -0.25) is 14.6 Å². The SMILES string of the molecule is O=C1CC(C(=O)O)(c2ccc(Br)cn2)C1. The molecule has 2 rings (SSSR count). The van der Waals surface area contributed by atoms with Crippen LogP contribution in [0, 0.1) is 0 Å². The molecule has 15 heavy (non-hydrogen) atoms.